The summed E-state index contributed by atoms with van der Waals surface area (Å²) in [5, 5.41) is 18.3. The van der Waals surface area contributed by atoms with E-state index in [4.69, 9.17) is 9.47 Å². The summed E-state index contributed by atoms with van der Waals surface area (Å²) in [5.41, 5.74) is -0.912. The van der Waals surface area contributed by atoms with Gasteiger partial charge in [0.05, 0.1) is 36.7 Å². The van der Waals surface area contributed by atoms with Crippen LogP contribution in [0.15, 0.2) is 66.7 Å². The fourth-order valence-electron chi connectivity index (χ4n) is 7.37. The summed E-state index contributed by atoms with van der Waals surface area (Å²) in [6, 6.07) is 19.0. The molecule has 3 aliphatic heterocycles. The van der Waals surface area contributed by atoms with Crippen molar-refractivity contribution in [1.29, 1.82) is 0 Å². The number of ether oxygens (including phenoxy) is 2. The molecule has 3 amide bonds. The topological polar surface area (TPSA) is 117 Å². The number of rotatable bonds is 9. The van der Waals surface area contributed by atoms with Crippen molar-refractivity contribution in [3.63, 3.8) is 0 Å². The minimum atomic E-state index is -1.18. The molecule has 0 aromatic heterocycles. The number of aliphatic hydroxyl groups is 1. The SMILES string of the molecule is CCOc1ccc(NC(=O)[C@H]2[C@H]3C(=O)N([C@@H](CC)CO)C(C(=O)Nc4ccc5ccccc5c4)C34CC[C@]2(C)O4)cc1. The first-order valence-corrected chi connectivity index (χ1v) is 14.7. The molecule has 3 aromatic rings. The summed E-state index contributed by atoms with van der Waals surface area (Å²) in [4.78, 5) is 43.8. The Hall–Kier alpha value is -3.95. The van der Waals surface area contributed by atoms with E-state index in [1.54, 1.807) is 24.3 Å². The summed E-state index contributed by atoms with van der Waals surface area (Å²) >= 11 is 0. The zero-order valence-electron chi connectivity index (χ0n) is 24.1. The number of carbonyl (C=O) groups is 3. The van der Waals surface area contributed by atoms with E-state index in [1.807, 2.05) is 63.2 Å². The third-order valence-electron chi connectivity index (χ3n) is 9.27. The van der Waals surface area contributed by atoms with Crippen LogP contribution in [0.3, 0.4) is 0 Å². The zero-order chi connectivity index (χ0) is 29.6. The standard InChI is InChI=1S/C33H37N3O6/c1-4-24(19-37)36-28(30(39)35-23-11-10-20-8-6-7-9-21(20)18-23)33-17-16-32(3,42-33)26(27(33)31(36)40)29(38)34-22-12-14-25(15-13-22)41-5-2/h6-15,18,24,26-28,37H,4-5,16-17,19H2,1-3H3,(H,34,38)(H,35,39)/t24-,26+,27-,28?,32-,33?/m0/s1. The Bertz CT molecular complexity index is 1520. The van der Waals surface area contributed by atoms with Crippen molar-refractivity contribution in [1.82, 2.24) is 4.90 Å². The van der Waals surface area contributed by atoms with Crippen molar-refractivity contribution < 1.29 is 29.0 Å². The first-order chi connectivity index (χ1) is 20.2. The van der Waals surface area contributed by atoms with Crippen molar-refractivity contribution >= 4 is 39.9 Å². The molecule has 6 rings (SSSR count). The summed E-state index contributed by atoms with van der Waals surface area (Å²) in [7, 11) is 0. The van der Waals surface area contributed by atoms with Crippen LogP contribution in [0.1, 0.15) is 40.0 Å². The van der Waals surface area contributed by atoms with Crippen LogP contribution < -0.4 is 15.4 Å². The number of hydrogen-bond donors (Lipinski definition) is 3. The van der Waals surface area contributed by atoms with Crippen molar-refractivity contribution in [2.24, 2.45) is 11.8 Å². The van der Waals surface area contributed by atoms with Crippen LogP contribution in [0.2, 0.25) is 0 Å². The summed E-state index contributed by atoms with van der Waals surface area (Å²) in [6.07, 6.45) is 1.44. The average Bonchev–Trinajstić information content (AvgIpc) is 3.55. The lowest BCUT2D eigenvalue weighted by Gasteiger charge is -2.36. The highest BCUT2D eigenvalue weighted by Crippen LogP contribution is 2.63. The summed E-state index contributed by atoms with van der Waals surface area (Å²) in [6.45, 7) is 5.87. The first-order valence-electron chi connectivity index (χ1n) is 14.7. The first kappa shape index (κ1) is 28.2. The predicted molar refractivity (Wildman–Crippen MR) is 159 cm³/mol. The average molecular weight is 572 g/mol. The van der Waals surface area contributed by atoms with E-state index < -0.39 is 35.1 Å². The normalized spacial score (nSPS) is 28.5. The third kappa shape index (κ3) is 4.42. The van der Waals surface area contributed by atoms with Crippen LogP contribution in [0.25, 0.3) is 10.8 Å². The monoisotopic (exact) mass is 571 g/mol. The molecule has 2 unspecified atom stereocenters. The van der Waals surface area contributed by atoms with Crippen molar-refractivity contribution in [2.45, 2.75) is 63.3 Å². The van der Waals surface area contributed by atoms with E-state index >= 15 is 0 Å². The molecule has 9 nitrogen and oxygen atoms in total. The van der Waals surface area contributed by atoms with Crippen molar-refractivity contribution in [3.05, 3.63) is 66.7 Å². The molecule has 220 valence electrons. The van der Waals surface area contributed by atoms with Gasteiger partial charge < -0.3 is 30.1 Å². The lowest BCUT2D eigenvalue weighted by Crippen LogP contribution is -2.56. The van der Waals surface area contributed by atoms with E-state index in [-0.39, 0.29) is 24.3 Å². The molecule has 1 spiro atoms. The number of amides is 3. The van der Waals surface area contributed by atoms with Gasteiger partial charge in [-0.2, -0.15) is 0 Å². The lowest BCUT2D eigenvalue weighted by molar-refractivity contribution is -0.146. The second-order valence-corrected chi connectivity index (χ2v) is 11.7. The molecule has 0 saturated carbocycles. The quantitative estimate of drug-likeness (QED) is 0.352. The Labute approximate surface area is 245 Å². The van der Waals surface area contributed by atoms with Gasteiger partial charge in [-0.15, -0.1) is 0 Å². The van der Waals surface area contributed by atoms with E-state index in [9.17, 15) is 19.5 Å². The van der Waals surface area contributed by atoms with Crippen LogP contribution in [-0.2, 0) is 19.1 Å². The van der Waals surface area contributed by atoms with Gasteiger partial charge in [-0.1, -0.05) is 37.3 Å². The minimum Gasteiger partial charge on any atom is -0.494 e. The van der Waals surface area contributed by atoms with Gasteiger partial charge in [0.15, 0.2) is 0 Å². The largest absolute Gasteiger partial charge is 0.494 e. The molecule has 3 heterocycles. The Morgan fingerprint density at radius 1 is 1.00 bits per heavy atom. The molecule has 3 aliphatic rings. The molecule has 3 saturated heterocycles. The number of hydrogen-bond acceptors (Lipinski definition) is 6. The zero-order valence-corrected chi connectivity index (χ0v) is 24.1. The molecule has 9 heteroatoms. The fourth-order valence-corrected chi connectivity index (χ4v) is 7.37. The number of fused-ring (bicyclic) bond motifs is 2. The van der Waals surface area contributed by atoms with Crippen LogP contribution in [0.4, 0.5) is 11.4 Å². The van der Waals surface area contributed by atoms with E-state index in [0.29, 0.717) is 43.0 Å². The van der Waals surface area contributed by atoms with Crippen LogP contribution in [0, 0.1) is 11.8 Å². The molecule has 0 radical (unpaired) electrons. The number of carbonyl (C=O) groups excluding carboxylic acids is 3. The lowest BCUT2D eigenvalue weighted by atomic mass is 9.66. The Morgan fingerprint density at radius 2 is 1.69 bits per heavy atom. The van der Waals surface area contributed by atoms with Gasteiger partial charge >= 0.3 is 0 Å². The van der Waals surface area contributed by atoms with Gasteiger partial charge in [0.25, 0.3) is 0 Å². The number of nitrogens with one attached hydrogen (secondary N) is 2. The number of anilines is 2. The molecule has 6 atom stereocenters. The Morgan fingerprint density at radius 3 is 2.38 bits per heavy atom. The minimum absolute atomic E-state index is 0.300. The summed E-state index contributed by atoms with van der Waals surface area (Å²) in [5.74, 6) is -2.00. The van der Waals surface area contributed by atoms with Crippen LogP contribution in [-0.4, -0.2) is 64.2 Å². The van der Waals surface area contributed by atoms with Crippen LogP contribution >= 0.6 is 0 Å². The van der Waals surface area contributed by atoms with Crippen LogP contribution in [0.5, 0.6) is 5.75 Å². The van der Waals surface area contributed by atoms with E-state index in [2.05, 4.69) is 10.6 Å². The second kappa shape index (κ2) is 10.7. The van der Waals surface area contributed by atoms with Gasteiger partial charge in [0.2, 0.25) is 17.7 Å². The molecule has 42 heavy (non-hydrogen) atoms. The molecule has 3 fully saturated rings. The van der Waals surface area contributed by atoms with Gasteiger partial charge in [-0.25, -0.2) is 0 Å². The molecular formula is C33H37N3O6. The van der Waals surface area contributed by atoms with Gasteiger partial charge in [0.1, 0.15) is 17.4 Å². The third-order valence-corrected chi connectivity index (χ3v) is 9.27. The Kier molecular flexibility index (Phi) is 7.19. The molecular weight excluding hydrogens is 534 g/mol. The highest BCUT2D eigenvalue weighted by atomic mass is 16.5. The second-order valence-electron chi connectivity index (χ2n) is 11.7. The smallest absolute Gasteiger partial charge is 0.250 e. The number of aliphatic hydroxyl groups excluding tert-OH is 1. The maximum atomic E-state index is 14.3. The molecule has 3 aromatic carbocycles. The maximum Gasteiger partial charge on any atom is 0.250 e. The van der Waals surface area contributed by atoms with Gasteiger partial charge in [-0.3, -0.25) is 14.4 Å². The van der Waals surface area contributed by atoms with Gasteiger partial charge in [0, 0.05) is 11.4 Å². The van der Waals surface area contributed by atoms with Crippen molar-refractivity contribution in [2.75, 3.05) is 23.8 Å². The highest BCUT2D eigenvalue weighted by Gasteiger charge is 2.78. The highest BCUT2D eigenvalue weighted by molar-refractivity contribution is 6.06. The molecule has 2 bridgehead atoms. The maximum absolute atomic E-state index is 14.3. The fraction of sp³-hybridized carbons (Fsp3) is 0.424. The number of nitrogens with zero attached hydrogens (tertiary/aromatic N) is 1. The molecule has 0 aliphatic carbocycles. The van der Waals surface area contributed by atoms with Crippen molar-refractivity contribution in [3.8, 4) is 5.75 Å². The van der Waals surface area contributed by atoms with Gasteiger partial charge in [-0.05, 0) is 80.3 Å². The molecule has 3 N–H and O–H groups in total. The number of likely N-dealkylation sites (tertiary alicyclic amines) is 1. The Balaban J connectivity index is 1.33. The number of benzene rings is 3. The predicted octanol–water partition coefficient (Wildman–Crippen LogP) is 4.35. The van der Waals surface area contributed by atoms with E-state index in [0.717, 1.165) is 10.8 Å². The van der Waals surface area contributed by atoms with E-state index in [1.165, 1.54) is 4.90 Å². The summed E-state index contributed by atoms with van der Waals surface area (Å²) < 4.78 is 12.2.